The number of nitriles is 1. The Balaban J connectivity index is 2.84. The van der Waals surface area contributed by atoms with E-state index in [4.69, 9.17) is 28.5 Å². The smallest absolute Gasteiger partial charge is 0.241 e. The Kier molecular flexibility index (Phi) is 5.27. The van der Waals surface area contributed by atoms with Crippen molar-refractivity contribution in [1.29, 1.82) is 5.26 Å². The minimum Gasteiger partial charge on any atom is -0.322 e. The molecule has 0 bridgehead atoms. The Bertz CT molecular complexity index is 434. The molecule has 1 aromatic carbocycles. The number of hydrogen-bond acceptors (Lipinski definition) is 2. The van der Waals surface area contributed by atoms with Crippen LogP contribution < -0.4 is 5.32 Å². The van der Waals surface area contributed by atoms with Crippen molar-refractivity contribution < 1.29 is 4.79 Å². The van der Waals surface area contributed by atoms with Gasteiger partial charge in [-0.2, -0.15) is 5.26 Å². The maximum atomic E-state index is 11.8. The van der Waals surface area contributed by atoms with Crippen molar-refractivity contribution in [3.63, 3.8) is 0 Å². The first-order chi connectivity index (χ1) is 8.10. The molecular weight excluding hydrogens is 259 g/mol. The molecule has 0 aliphatic carbocycles. The van der Waals surface area contributed by atoms with Gasteiger partial charge in [0.15, 0.2) is 0 Å². The lowest BCUT2D eigenvalue weighted by Gasteiger charge is -2.11. The van der Waals surface area contributed by atoms with E-state index >= 15 is 0 Å². The zero-order valence-corrected chi connectivity index (χ0v) is 10.8. The number of carbonyl (C=O) groups excluding carboxylic acids is 1. The van der Waals surface area contributed by atoms with Crippen LogP contribution in [-0.2, 0) is 4.79 Å². The van der Waals surface area contributed by atoms with Crippen LogP contribution in [0.1, 0.15) is 19.8 Å². The highest BCUT2D eigenvalue weighted by Crippen LogP contribution is 2.30. The van der Waals surface area contributed by atoms with Crippen LogP contribution in [0, 0.1) is 17.2 Å². The number of anilines is 1. The van der Waals surface area contributed by atoms with Crippen LogP contribution in [-0.4, -0.2) is 5.91 Å². The van der Waals surface area contributed by atoms with Crippen LogP contribution in [0.2, 0.25) is 10.0 Å². The molecule has 3 nitrogen and oxygen atoms in total. The Morgan fingerprint density at radius 3 is 2.53 bits per heavy atom. The lowest BCUT2D eigenvalue weighted by atomic mass is 10.0. The van der Waals surface area contributed by atoms with E-state index in [0.717, 1.165) is 6.42 Å². The lowest BCUT2D eigenvalue weighted by molar-refractivity contribution is -0.118. The van der Waals surface area contributed by atoms with Crippen molar-refractivity contribution in [1.82, 2.24) is 0 Å². The van der Waals surface area contributed by atoms with Crippen molar-refractivity contribution in [2.75, 3.05) is 5.32 Å². The molecule has 1 aromatic rings. The summed E-state index contributed by atoms with van der Waals surface area (Å²) in [6.45, 7) is 1.92. The summed E-state index contributed by atoms with van der Waals surface area (Å²) in [6, 6.07) is 6.91. The molecule has 0 aliphatic heterocycles. The van der Waals surface area contributed by atoms with Gasteiger partial charge in [-0.25, -0.2) is 0 Å². The topological polar surface area (TPSA) is 52.9 Å². The molecule has 0 saturated carbocycles. The van der Waals surface area contributed by atoms with E-state index in [1.54, 1.807) is 18.2 Å². The van der Waals surface area contributed by atoms with Gasteiger partial charge >= 0.3 is 0 Å². The van der Waals surface area contributed by atoms with Crippen molar-refractivity contribution in [3.8, 4) is 6.07 Å². The third-order valence-corrected chi connectivity index (χ3v) is 2.89. The lowest BCUT2D eigenvalue weighted by Crippen LogP contribution is -2.21. The Morgan fingerprint density at radius 1 is 1.47 bits per heavy atom. The van der Waals surface area contributed by atoms with E-state index in [9.17, 15) is 4.79 Å². The molecule has 5 heteroatoms. The minimum atomic E-state index is -0.674. The number of para-hydroxylation sites is 1. The summed E-state index contributed by atoms with van der Waals surface area (Å²) in [5.74, 6) is -1.04. The van der Waals surface area contributed by atoms with Gasteiger partial charge in [-0.05, 0) is 18.6 Å². The number of carbonyl (C=O) groups is 1. The summed E-state index contributed by atoms with van der Waals surface area (Å²) in [5.41, 5.74) is 0.359. The van der Waals surface area contributed by atoms with E-state index in [1.807, 2.05) is 13.0 Å². The third kappa shape index (κ3) is 3.62. The van der Waals surface area contributed by atoms with Crippen LogP contribution in [0.5, 0.6) is 0 Å². The number of rotatable bonds is 4. The summed E-state index contributed by atoms with van der Waals surface area (Å²) in [4.78, 5) is 11.8. The predicted octanol–water partition coefficient (Wildman–Crippen LogP) is 3.87. The number of nitrogens with zero attached hydrogens (tertiary/aromatic N) is 1. The average Bonchev–Trinajstić information content (AvgIpc) is 2.30. The normalized spacial score (nSPS) is 11.6. The molecule has 0 heterocycles. The maximum Gasteiger partial charge on any atom is 0.241 e. The van der Waals surface area contributed by atoms with Gasteiger partial charge in [0.2, 0.25) is 5.91 Å². The quantitative estimate of drug-likeness (QED) is 0.903. The van der Waals surface area contributed by atoms with E-state index < -0.39 is 5.92 Å². The van der Waals surface area contributed by atoms with E-state index in [2.05, 4.69) is 5.32 Å². The first-order valence-corrected chi connectivity index (χ1v) is 6.00. The molecular formula is C12H12Cl2N2O. The number of nitrogens with one attached hydrogen (secondary N) is 1. The molecule has 0 aliphatic rings. The van der Waals surface area contributed by atoms with Gasteiger partial charge in [-0.15, -0.1) is 0 Å². The summed E-state index contributed by atoms with van der Waals surface area (Å²) in [7, 11) is 0. The van der Waals surface area contributed by atoms with Crippen molar-refractivity contribution >= 4 is 34.8 Å². The second-order valence-corrected chi connectivity index (χ2v) is 4.37. The first-order valence-electron chi connectivity index (χ1n) is 5.24. The summed E-state index contributed by atoms with van der Waals surface area (Å²) < 4.78 is 0. The minimum absolute atomic E-state index is 0.359. The summed E-state index contributed by atoms with van der Waals surface area (Å²) in [6.07, 6.45) is 1.28. The Morgan fingerprint density at radius 2 is 2.06 bits per heavy atom. The monoisotopic (exact) mass is 270 g/mol. The summed E-state index contributed by atoms with van der Waals surface area (Å²) >= 11 is 11.8. The SMILES string of the molecule is CCCC(C#N)C(=O)Nc1c(Cl)cccc1Cl. The second kappa shape index (κ2) is 6.48. The van der Waals surface area contributed by atoms with E-state index in [-0.39, 0.29) is 5.91 Å². The van der Waals surface area contributed by atoms with Crippen molar-refractivity contribution in [3.05, 3.63) is 28.2 Å². The van der Waals surface area contributed by atoms with Crippen molar-refractivity contribution in [2.45, 2.75) is 19.8 Å². The standard InChI is InChI=1S/C12H12Cl2N2O/c1-2-4-8(7-15)12(17)16-11-9(13)5-3-6-10(11)14/h3,5-6,8H,2,4H2,1H3,(H,16,17). The molecule has 17 heavy (non-hydrogen) atoms. The Hall–Kier alpha value is -1.24. The second-order valence-electron chi connectivity index (χ2n) is 3.56. The molecule has 0 spiro atoms. The molecule has 1 N–H and O–H groups in total. The van der Waals surface area contributed by atoms with Crippen LogP contribution in [0.4, 0.5) is 5.69 Å². The van der Waals surface area contributed by atoms with Crippen molar-refractivity contribution in [2.24, 2.45) is 5.92 Å². The largest absolute Gasteiger partial charge is 0.322 e. The molecule has 0 fully saturated rings. The van der Waals surface area contributed by atoms with Gasteiger partial charge < -0.3 is 5.32 Å². The number of halogens is 2. The fraction of sp³-hybridized carbons (Fsp3) is 0.333. The zero-order chi connectivity index (χ0) is 12.8. The molecule has 1 atom stereocenters. The molecule has 0 saturated heterocycles. The van der Waals surface area contributed by atoms with Gasteiger partial charge in [0.1, 0.15) is 5.92 Å². The fourth-order valence-corrected chi connectivity index (χ4v) is 1.86. The predicted molar refractivity (Wildman–Crippen MR) is 69.1 cm³/mol. The molecule has 1 unspecified atom stereocenters. The third-order valence-electron chi connectivity index (χ3n) is 2.26. The van der Waals surface area contributed by atoms with Gasteiger partial charge in [-0.3, -0.25) is 4.79 Å². The van der Waals surface area contributed by atoms with Gasteiger partial charge in [-0.1, -0.05) is 42.6 Å². The number of benzene rings is 1. The zero-order valence-electron chi connectivity index (χ0n) is 9.34. The maximum absolute atomic E-state index is 11.8. The molecule has 0 aromatic heterocycles. The van der Waals surface area contributed by atoms with Crippen LogP contribution in [0.3, 0.4) is 0 Å². The fourth-order valence-electron chi connectivity index (χ4n) is 1.37. The number of amides is 1. The molecule has 1 rings (SSSR count). The van der Waals surface area contributed by atoms with E-state index in [0.29, 0.717) is 22.2 Å². The van der Waals surface area contributed by atoms with Gasteiger partial charge in [0.05, 0.1) is 21.8 Å². The van der Waals surface area contributed by atoms with Crippen LogP contribution >= 0.6 is 23.2 Å². The molecule has 1 amide bonds. The summed E-state index contributed by atoms with van der Waals surface area (Å²) in [5, 5.41) is 12.2. The van der Waals surface area contributed by atoms with Gasteiger partial charge in [0.25, 0.3) is 0 Å². The highest BCUT2D eigenvalue weighted by Gasteiger charge is 2.18. The molecule has 90 valence electrons. The van der Waals surface area contributed by atoms with Crippen LogP contribution in [0.15, 0.2) is 18.2 Å². The van der Waals surface area contributed by atoms with Crippen LogP contribution in [0.25, 0.3) is 0 Å². The van der Waals surface area contributed by atoms with E-state index in [1.165, 1.54) is 0 Å². The first kappa shape index (κ1) is 13.8. The molecule has 0 radical (unpaired) electrons. The Labute approximate surface area is 110 Å². The highest BCUT2D eigenvalue weighted by molar-refractivity contribution is 6.39. The van der Waals surface area contributed by atoms with Gasteiger partial charge in [0, 0.05) is 0 Å². The highest BCUT2D eigenvalue weighted by atomic mass is 35.5. The number of hydrogen-bond donors (Lipinski definition) is 1. The average molecular weight is 271 g/mol.